The third kappa shape index (κ3) is 5.16. The monoisotopic (exact) mass is 346 g/mol. The van der Waals surface area contributed by atoms with Crippen LogP contribution in [-0.4, -0.2) is 9.97 Å². The van der Waals surface area contributed by atoms with E-state index in [2.05, 4.69) is 60.2 Å². The maximum Gasteiger partial charge on any atom is 0.119 e. The minimum atomic E-state index is 0.518. The normalized spacial score (nSPS) is 12.1. The maximum atomic E-state index is 5.87. The summed E-state index contributed by atoms with van der Waals surface area (Å²) in [5.41, 5.74) is 3.60. The molecule has 0 spiro atoms. The number of aromatic nitrogens is 2. The molecule has 26 heavy (non-hydrogen) atoms. The average molecular weight is 346 g/mol. The van der Waals surface area contributed by atoms with E-state index in [1.807, 2.05) is 30.6 Å². The third-order valence-electron chi connectivity index (χ3n) is 4.68. The Balaban J connectivity index is 1.60. The van der Waals surface area contributed by atoms with E-state index in [1.165, 1.54) is 5.56 Å². The molecule has 0 aliphatic carbocycles. The highest BCUT2D eigenvalue weighted by Gasteiger charge is 2.16. The number of aryl methyl sites for hydroxylation is 1. The molecule has 0 bridgehead atoms. The van der Waals surface area contributed by atoms with Gasteiger partial charge in [-0.15, -0.1) is 0 Å². The van der Waals surface area contributed by atoms with E-state index >= 15 is 0 Å². The highest BCUT2D eigenvalue weighted by Crippen LogP contribution is 2.30. The van der Waals surface area contributed by atoms with Crippen molar-refractivity contribution in [3.63, 3.8) is 0 Å². The minimum absolute atomic E-state index is 0.518. The predicted molar refractivity (Wildman–Crippen MR) is 105 cm³/mol. The molecule has 3 heteroatoms. The molecule has 134 valence electrons. The van der Waals surface area contributed by atoms with Gasteiger partial charge in [0.2, 0.25) is 0 Å². The first kappa shape index (κ1) is 18.1. The van der Waals surface area contributed by atoms with Crippen LogP contribution in [0, 0.1) is 5.92 Å². The average Bonchev–Trinajstić information content (AvgIpc) is 2.69. The van der Waals surface area contributed by atoms with Gasteiger partial charge in [0, 0.05) is 29.8 Å². The van der Waals surface area contributed by atoms with Gasteiger partial charge in [0.15, 0.2) is 0 Å². The number of hydrogen-bond acceptors (Lipinski definition) is 3. The number of rotatable bonds is 8. The number of hydrogen-bond donors (Lipinski definition) is 0. The van der Waals surface area contributed by atoms with E-state index < -0.39 is 0 Å². The summed E-state index contributed by atoms with van der Waals surface area (Å²) in [6.07, 6.45) is 7.58. The van der Waals surface area contributed by atoms with Crippen molar-refractivity contribution in [2.45, 2.75) is 39.2 Å². The first-order valence-electron chi connectivity index (χ1n) is 9.24. The summed E-state index contributed by atoms with van der Waals surface area (Å²) in [5.74, 6) is 2.00. The van der Waals surface area contributed by atoms with Gasteiger partial charge in [0.1, 0.15) is 12.4 Å². The molecular weight excluding hydrogens is 320 g/mol. The van der Waals surface area contributed by atoms with Gasteiger partial charge in [-0.25, -0.2) is 0 Å². The van der Waals surface area contributed by atoms with Crippen LogP contribution >= 0.6 is 0 Å². The molecule has 0 aliphatic heterocycles. The van der Waals surface area contributed by atoms with Gasteiger partial charge in [0.05, 0.1) is 0 Å². The van der Waals surface area contributed by atoms with Gasteiger partial charge >= 0.3 is 0 Å². The molecule has 0 saturated carbocycles. The third-order valence-corrected chi connectivity index (χ3v) is 4.68. The molecule has 0 aliphatic rings. The van der Waals surface area contributed by atoms with E-state index in [0.29, 0.717) is 18.4 Å². The summed E-state index contributed by atoms with van der Waals surface area (Å²) in [4.78, 5) is 8.56. The quantitative estimate of drug-likeness (QED) is 0.545. The standard InChI is InChI=1S/C23H26N2O/c1-18(2)23(13-10-21-7-3-4-15-25-21)20-8-11-22(12-9-20)26-17-19-6-5-14-24-16-19/h3-9,11-12,14-16,18,23H,10,13,17H2,1-2H3. The molecule has 1 atom stereocenters. The molecule has 3 aromatic rings. The lowest BCUT2D eigenvalue weighted by atomic mass is 9.84. The van der Waals surface area contributed by atoms with Crippen LogP contribution in [0.4, 0.5) is 0 Å². The van der Waals surface area contributed by atoms with E-state index in [9.17, 15) is 0 Å². The number of nitrogens with zero attached hydrogens (tertiary/aromatic N) is 2. The second-order valence-corrected chi connectivity index (χ2v) is 6.93. The fourth-order valence-electron chi connectivity index (χ4n) is 3.20. The molecule has 0 saturated heterocycles. The van der Waals surface area contributed by atoms with Crippen molar-refractivity contribution in [3.8, 4) is 5.75 Å². The van der Waals surface area contributed by atoms with Gasteiger partial charge in [0.25, 0.3) is 0 Å². The Hall–Kier alpha value is -2.68. The van der Waals surface area contributed by atoms with Crippen molar-refractivity contribution in [3.05, 3.63) is 90.0 Å². The highest BCUT2D eigenvalue weighted by atomic mass is 16.5. The van der Waals surface area contributed by atoms with Gasteiger partial charge in [-0.3, -0.25) is 9.97 Å². The minimum Gasteiger partial charge on any atom is -0.489 e. The lowest BCUT2D eigenvalue weighted by Crippen LogP contribution is -2.09. The Morgan fingerprint density at radius 2 is 1.77 bits per heavy atom. The highest BCUT2D eigenvalue weighted by molar-refractivity contribution is 5.30. The number of ether oxygens (including phenoxy) is 1. The van der Waals surface area contributed by atoms with Crippen LogP contribution in [0.15, 0.2) is 73.2 Å². The lowest BCUT2D eigenvalue weighted by molar-refractivity contribution is 0.305. The van der Waals surface area contributed by atoms with Crippen LogP contribution in [0.3, 0.4) is 0 Å². The van der Waals surface area contributed by atoms with Gasteiger partial charge < -0.3 is 4.74 Å². The summed E-state index contributed by atoms with van der Waals surface area (Å²) in [5, 5.41) is 0. The summed E-state index contributed by atoms with van der Waals surface area (Å²) < 4.78 is 5.87. The largest absolute Gasteiger partial charge is 0.489 e. The van der Waals surface area contributed by atoms with Gasteiger partial charge in [-0.05, 0) is 60.6 Å². The number of benzene rings is 1. The maximum absolute atomic E-state index is 5.87. The topological polar surface area (TPSA) is 35.0 Å². The zero-order chi connectivity index (χ0) is 18.2. The molecule has 3 nitrogen and oxygen atoms in total. The van der Waals surface area contributed by atoms with Crippen molar-refractivity contribution >= 4 is 0 Å². The van der Waals surface area contributed by atoms with E-state index in [4.69, 9.17) is 4.74 Å². The Bertz CT molecular complexity index is 770. The zero-order valence-electron chi connectivity index (χ0n) is 15.5. The van der Waals surface area contributed by atoms with Crippen molar-refractivity contribution < 1.29 is 4.74 Å². The van der Waals surface area contributed by atoms with Crippen molar-refractivity contribution in [2.75, 3.05) is 0 Å². The second-order valence-electron chi connectivity index (χ2n) is 6.93. The molecular formula is C23H26N2O. The summed E-state index contributed by atoms with van der Waals surface area (Å²) >= 11 is 0. The van der Waals surface area contributed by atoms with Crippen molar-refractivity contribution in [1.82, 2.24) is 9.97 Å². The molecule has 0 N–H and O–H groups in total. The Kier molecular flexibility index (Phi) is 6.37. The van der Waals surface area contributed by atoms with E-state index in [1.54, 1.807) is 6.20 Å². The molecule has 0 fully saturated rings. The Labute approximate surface area is 156 Å². The molecule has 2 heterocycles. The predicted octanol–water partition coefficient (Wildman–Crippen LogP) is 5.43. The van der Waals surface area contributed by atoms with Gasteiger partial charge in [-0.1, -0.05) is 38.1 Å². The van der Waals surface area contributed by atoms with Crippen LogP contribution in [0.5, 0.6) is 5.75 Å². The fourth-order valence-corrected chi connectivity index (χ4v) is 3.20. The van der Waals surface area contributed by atoms with Crippen LogP contribution in [0.2, 0.25) is 0 Å². The van der Waals surface area contributed by atoms with E-state index in [0.717, 1.165) is 29.8 Å². The van der Waals surface area contributed by atoms with Crippen LogP contribution in [0.25, 0.3) is 0 Å². The fraction of sp³-hybridized carbons (Fsp3) is 0.304. The van der Waals surface area contributed by atoms with Crippen LogP contribution < -0.4 is 4.74 Å². The molecule has 3 rings (SSSR count). The smallest absolute Gasteiger partial charge is 0.119 e. The van der Waals surface area contributed by atoms with Crippen LogP contribution in [-0.2, 0) is 13.0 Å². The van der Waals surface area contributed by atoms with Crippen LogP contribution in [0.1, 0.15) is 43.0 Å². The van der Waals surface area contributed by atoms with Crippen molar-refractivity contribution in [2.24, 2.45) is 5.92 Å². The molecule has 1 aromatic carbocycles. The summed E-state index contributed by atoms with van der Waals surface area (Å²) in [6, 6.07) is 18.6. The lowest BCUT2D eigenvalue weighted by Gasteiger charge is -2.21. The zero-order valence-corrected chi connectivity index (χ0v) is 15.5. The Morgan fingerprint density at radius 1 is 0.923 bits per heavy atom. The van der Waals surface area contributed by atoms with Gasteiger partial charge in [-0.2, -0.15) is 0 Å². The number of pyridine rings is 2. The van der Waals surface area contributed by atoms with E-state index in [-0.39, 0.29) is 0 Å². The Morgan fingerprint density at radius 3 is 2.42 bits per heavy atom. The molecule has 2 aromatic heterocycles. The molecule has 0 amide bonds. The second kappa shape index (κ2) is 9.14. The first-order valence-corrected chi connectivity index (χ1v) is 9.24. The van der Waals surface area contributed by atoms with Crippen molar-refractivity contribution in [1.29, 1.82) is 0 Å². The summed E-state index contributed by atoms with van der Waals surface area (Å²) in [6.45, 7) is 5.12. The SMILES string of the molecule is CC(C)C(CCc1ccccn1)c1ccc(OCc2cccnc2)cc1. The first-order chi connectivity index (χ1) is 12.7. The summed E-state index contributed by atoms with van der Waals surface area (Å²) in [7, 11) is 0. The molecule has 1 unspecified atom stereocenters. The molecule has 0 radical (unpaired) electrons.